The number of likely N-dealkylation sites (tertiary alicyclic amines) is 1. The molecule has 3 N–H and O–H groups in total. The summed E-state index contributed by atoms with van der Waals surface area (Å²) >= 11 is 0. The van der Waals surface area contributed by atoms with Crippen molar-refractivity contribution in [3.8, 4) is 17.1 Å². The maximum Gasteiger partial charge on any atom is 0.224 e. The van der Waals surface area contributed by atoms with Crippen LogP contribution in [0.25, 0.3) is 22.2 Å². The number of pyridine rings is 1. The van der Waals surface area contributed by atoms with E-state index < -0.39 is 0 Å². The van der Waals surface area contributed by atoms with Crippen molar-refractivity contribution >= 4 is 22.7 Å². The fraction of sp³-hybridized carbons (Fsp3) is 0.500. The van der Waals surface area contributed by atoms with Crippen molar-refractivity contribution in [2.24, 2.45) is 5.92 Å². The van der Waals surface area contributed by atoms with Gasteiger partial charge in [-0.15, -0.1) is 0 Å². The van der Waals surface area contributed by atoms with Crippen LogP contribution in [-0.4, -0.2) is 66.0 Å². The van der Waals surface area contributed by atoms with Gasteiger partial charge in [0.2, 0.25) is 17.7 Å². The fourth-order valence-electron chi connectivity index (χ4n) is 4.98. The van der Waals surface area contributed by atoms with Crippen LogP contribution in [0.5, 0.6) is 5.88 Å². The molecule has 2 atom stereocenters. The summed E-state index contributed by atoms with van der Waals surface area (Å²) in [6.45, 7) is 1.80. The maximum absolute atomic E-state index is 13.2. The van der Waals surface area contributed by atoms with E-state index in [-0.39, 0.29) is 23.8 Å². The molecule has 0 spiro atoms. The van der Waals surface area contributed by atoms with Gasteiger partial charge < -0.3 is 25.3 Å². The predicted molar refractivity (Wildman–Crippen MR) is 144 cm³/mol. The Balaban J connectivity index is 1.52. The van der Waals surface area contributed by atoms with Gasteiger partial charge in [-0.3, -0.25) is 9.59 Å². The third-order valence-electron chi connectivity index (χ3n) is 7.09. The first kappa shape index (κ1) is 26.6. The minimum absolute atomic E-state index is 0.0197. The van der Waals surface area contributed by atoms with E-state index in [0.717, 1.165) is 73.8 Å². The number of aromatic nitrogens is 3. The quantitative estimate of drug-likeness (QED) is 0.341. The molecule has 3 heterocycles. The number of para-hydroxylation sites is 1. The number of amides is 2. The van der Waals surface area contributed by atoms with Gasteiger partial charge in [-0.05, 0) is 51.4 Å². The van der Waals surface area contributed by atoms with Crippen LogP contribution in [0.15, 0.2) is 36.5 Å². The second kappa shape index (κ2) is 12.7. The SMILES string of the molecule is CNC(=O)CCCCC[C@H](NC(=O)C1CCCN(C)C1)c1ncc(-c2cc3ccccc3nc2OC)[nH]1. The van der Waals surface area contributed by atoms with Crippen LogP contribution in [0, 0.1) is 5.92 Å². The molecule has 2 amide bonds. The molecular weight excluding hydrogens is 468 g/mol. The van der Waals surface area contributed by atoms with E-state index >= 15 is 0 Å². The van der Waals surface area contributed by atoms with E-state index in [4.69, 9.17) is 4.74 Å². The Hall–Kier alpha value is -3.46. The van der Waals surface area contributed by atoms with Gasteiger partial charge in [0.25, 0.3) is 0 Å². The number of unbranched alkanes of at least 4 members (excludes halogenated alkanes) is 2. The lowest BCUT2D eigenvalue weighted by molar-refractivity contribution is -0.127. The van der Waals surface area contributed by atoms with Crippen LogP contribution in [-0.2, 0) is 9.59 Å². The van der Waals surface area contributed by atoms with E-state index in [1.807, 2.05) is 30.3 Å². The second-order valence-corrected chi connectivity index (χ2v) is 9.86. The van der Waals surface area contributed by atoms with Crippen molar-refractivity contribution in [1.82, 2.24) is 30.5 Å². The number of benzene rings is 1. The number of fused-ring (bicyclic) bond motifs is 1. The number of nitrogens with one attached hydrogen (secondary N) is 3. The van der Waals surface area contributed by atoms with E-state index in [1.165, 1.54) is 0 Å². The number of carbonyl (C=O) groups is 2. The van der Waals surface area contributed by atoms with E-state index in [0.29, 0.717) is 18.1 Å². The van der Waals surface area contributed by atoms with Gasteiger partial charge in [-0.2, -0.15) is 0 Å². The fourth-order valence-corrected chi connectivity index (χ4v) is 4.98. The molecule has 0 bridgehead atoms. The summed E-state index contributed by atoms with van der Waals surface area (Å²) in [5.74, 6) is 1.35. The summed E-state index contributed by atoms with van der Waals surface area (Å²) in [7, 11) is 5.33. The number of carbonyl (C=O) groups excluding carboxylic acids is 2. The Bertz CT molecular complexity index is 1210. The van der Waals surface area contributed by atoms with Crippen LogP contribution in [0.2, 0.25) is 0 Å². The first-order chi connectivity index (χ1) is 18.0. The number of hydrogen-bond acceptors (Lipinski definition) is 6. The molecule has 9 heteroatoms. The van der Waals surface area contributed by atoms with Crippen molar-refractivity contribution in [1.29, 1.82) is 0 Å². The minimum Gasteiger partial charge on any atom is -0.480 e. The number of methoxy groups -OCH3 is 1. The molecule has 3 aromatic rings. The number of H-pyrrole nitrogens is 1. The summed E-state index contributed by atoms with van der Waals surface area (Å²) in [5, 5.41) is 6.95. The van der Waals surface area contributed by atoms with Gasteiger partial charge in [0, 0.05) is 25.4 Å². The van der Waals surface area contributed by atoms with Crippen LogP contribution in [0.3, 0.4) is 0 Å². The van der Waals surface area contributed by atoms with Crippen LogP contribution in [0.1, 0.15) is 56.8 Å². The number of piperidine rings is 1. The normalized spacial score (nSPS) is 16.9. The minimum atomic E-state index is -0.243. The molecular formula is C28H38N6O3. The van der Waals surface area contributed by atoms with Gasteiger partial charge >= 0.3 is 0 Å². The zero-order chi connectivity index (χ0) is 26.2. The maximum atomic E-state index is 13.2. The number of aromatic amines is 1. The summed E-state index contributed by atoms with van der Waals surface area (Å²) in [6, 6.07) is 9.71. The van der Waals surface area contributed by atoms with Gasteiger partial charge in [0.15, 0.2) is 0 Å². The molecule has 0 radical (unpaired) electrons. The van der Waals surface area contributed by atoms with Crippen molar-refractivity contribution in [3.63, 3.8) is 0 Å². The molecule has 9 nitrogen and oxygen atoms in total. The first-order valence-electron chi connectivity index (χ1n) is 13.2. The molecule has 1 aliphatic heterocycles. The summed E-state index contributed by atoms with van der Waals surface area (Å²) < 4.78 is 5.59. The molecule has 1 aliphatic rings. The summed E-state index contributed by atoms with van der Waals surface area (Å²) in [5.41, 5.74) is 2.48. The lowest BCUT2D eigenvalue weighted by Crippen LogP contribution is -2.42. The zero-order valence-corrected chi connectivity index (χ0v) is 22.0. The average Bonchev–Trinajstić information content (AvgIpc) is 3.41. The molecule has 1 unspecified atom stereocenters. The lowest BCUT2D eigenvalue weighted by Gasteiger charge is -2.30. The van der Waals surface area contributed by atoms with Crippen LogP contribution >= 0.6 is 0 Å². The molecule has 198 valence electrons. The standard InChI is InChI=1S/C28H38N6O3/c1-29-25(35)14-6-4-5-13-23(32-27(36)20-11-9-15-34(2)18-20)26-30-17-24(31-26)21-16-19-10-7-8-12-22(19)33-28(21)37-3/h7-8,10,12,16-17,20,23H,4-6,9,11,13-15,18H2,1-3H3,(H,29,35)(H,30,31)(H,32,36)/t20?,23-/m0/s1. The third kappa shape index (κ3) is 6.85. The Morgan fingerprint density at radius 3 is 2.86 bits per heavy atom. The van der Waals surface area contributed by atoms with Gasteiger partial charge in [0.1, 0.15) is 5.82 Å². The van der Waals surface area contributed by atoms with E-state index in [2.05, 4.69) is 37.5 Å². The average molecular weight is 507 g/mol. The summed E-state index contributed by atoms with van der Waals surface area (Å²) in [6.07, 6.45) is 7.56. The number of ether oxygens (including phenoxy) is 1. The Morgan fingerprint density at radius 2 is 2.08 bits per heavy atom. The van der Waals surface area contributed by atoms with Crippen molar-refractivity contribution in [3.05, 3.63) is 42.4 Å². The first-order valence-corrected chi connectivity index (χ1v) is 13.2. The zero-order valence-electron chi connectivity index (χ0n) is 22.0. The Kier molecular flexibility index (Phi) is 9.11. The number of nitrogens with zero attached hydrogens (tertiary/aromatic N) is 3. The smallest absolute Gasteiger partial charge is 0.224 e. The monoisotopic (exact) mass is 506 g/mol. The highest BCUT2D eigenvalue weighted by molar-refractivity contribution is 5.85. The number of imidazole rings is 1. The van der Waals surface area contributed by atoms with E-state index in [1.54, 1.807) is 20.4 Å². The molecule has 1 aromatic carbocycles. The van der Waals surface area contributed by atoms with Crippen molar-refractivity contribution in [2.75, 3.05) is 34.3 Å². The number of rotatable bonds is 11. The van der Waals surface area contributed by atoms with E-state index in [9.17, 15) is 9.59 Å². The highest BCUT2D eigenvalue weighted by Gasteiger charge is 2.27. The molecule has 4 rings (SSSR count). The summed E-state index contributed by atoms with van der Waals surface area (Å²) in [4.78, 5) is 39.7. The van der Waals surface area contributed by atoms with Crippen molar-refractivity contribution in [2.45, 2.75) is 51.0 Å². The molecule has 0 saturated carbocycles. The second-order valence-electron chi connectivity index (χ2n) is 9.86. The van der Waals surface area contributed by atoms with Crippen molar-refractivity contribution < 1.29 is 14.3 Å². The molecule has 37 heavy (non-hydrogen) atoms. The lowest BCUT2D eigenvalue weighted by atomic mass is 9.96. The predicted octanol–water partition coefficient (Wildman–Crippen LogP) is 3.83. The topological polar surface area (TPSA) is 112 Å². The number of hydrogen-bond donors (Lipinski definition) is 3. The highest BCUT2D eigenvalue weighted by Crippen LogP contribution is 2.32. The molecule has 0 aliphatic carbocycles. The third-order valence-corrected chi connectivity index (χ3v) is 7.09. The van der Waals surface area contributed by atoms with Crippen LogP contribution in [0.4, 0.5) is 0 Å². The van der Waals surface area contributed by atoms with Gasteiger partial charge in [-0.25, -0.2) is 9.97 Å². The largest absolute Gasteiger partial charge is 0.480 e. The van der Waals surface area contributed by atoms with Gasteiger partial charge in [0.05, 0.1) is 42.0 Å². The van der Waals surface area contributed by atoms with Crippen LogP contribution < -0.4 is 15.4 Å². The molecule has 2 aromatic heterocycles. The van der Waals surface area contributed by atoms with Gasteiger partial charge in [-0.1, -0.05) is 31.0 Å². The Labute approximate surface area is 218 Å². The molecule has 1 saturated heterocycles. The molecule has 1 fully saturated rings. The Morgan fingerprint density at radius 1 is 1.24 bits per heavy atom. The highest BCUT2D eigenvalue weighted by atomic mass is 16.5.